The molecule has 0 aliphatic carbocycles. The molecule has 4 atom stereocenters. The zero-order valence-electron chi connectivity index (χ0n) is 13.6. The number of methoxy groups -OCH3 is 1. The van der Waals surface area contributed by atoms with E-state index in [2.05, 4.69) is 9.97 Å². The van der Waals surface area contributed by atoms with Crippen LogP contribution in [0, 0.1) is 6.92 Å². The van der Waals surface area contributed by atoms with Crippen LogP contribution in [0.4, 0.5) is 0 Å². The van der Waals surface area contributed by atoms with Gasteiger partial charge in [-0.2, -0.15) is 0 Å². The second-order valence-corrected chi connectivity index (χ2v) is 6.17. The number of piperidine rings is 1. The Hall–Kier alpha value is -2.02. The summed E-state index contributed by atoms with van der Waals surface area (Å²) in [4.78, 5) is 34.7. The topological polar surface area (TPSA) is 81.6 Å². The van der Waals surface area contributed by atoms with Gasteiger partial charge in [0.2, 0.25) is 0 Å². The number of carbonyl (C=O) groups excluding carboxylic acids is 2. The summed E-state index contributed by atoms with van der Waals surface area (Å²) in [6.07, 6.45) is 4.50. The zero-order valence-corrected chi connectivity index (χ0v) is 13.6. The lowest BCUT2D eigenvalue weighted by Crippen LogP contribution is -2.53. The molecule has 1 aromatic rings. The quantitative estimate of drug-likeness (QED) is 0.760. The number of hydrogen-bond donors (Lipinski definition) is 0. The first kappa shape index (κ1) is 15.9. The number of esters is 1. The highest BCUT2D eigenvalue weighted by Gasteiger charge is 2.48. The highest BCUT2D eigenvalue weighted by atomic mass is 16.6. The molecule has 0 N–H and O–H groups in total. The van der Waals surface area contributed by atoms with E-state index in [1.165, 1.54) is 13.3 Å². The van der Waals surface area contributed by atoms with Crippen LogP contribution in [-0.2, 0) is 14.3 Å². The summed E-state index contributed by atoms with van der Waals surface area (Å²) in [7, 11) is 1.35. The Balaban J connectivity index is 1.83. The van der Waals surface area contributed by atoms with Gasteiger partial charge in [0, 0.05) is 18.7 Å². The van der Waals surface area contributed by atoms with Gasteiger partial charge in [0.15, 0.2) is 6.10 Å². The molecule has 2 fully saturated rings. The fourth-order valence-corrected chi connectivity index (χ4v) is 3.42. The molecule has 3 rings (SSSR count). The summed E-state index contributed by atoms with van der Waals surface area (Å²) >= 11 is 0. The number of carbonyl (C=O) groups is 2. The van der Waals surface area contributed by atoms with Crippen molar-refractivity contribution in [2.24, 2.45) is 0 Å². The van der Waals surface area contributed by atoms with E-state index in [1.54, 1.807) is 11.1 Å². The molecule has 0 radical (unpaired) electrons. The van der Waals surface area contributed by atoms with E-state index in [9.17, 15) is 9.59 Å². The van der Waals surface area contributed by atoms with Crippen molar-refractivity contribution in [3.63, 3.8) is 0 Å². The van der Waals surface area contributed by atoms with Crippen LogP contribution in [0.1, 0.15) is 42.4 Å². The van der Waals surface area contributed by atoms with E-state index in [1.807, 2.05) is 13.8 Å². The van der Waals surface area contributed by atoms with Gasteiger partial charge in [-0.05, 0) is 26.7 Å². The molecule has 1 amide bonds. The number of rotatable bonds is 2. The maximum atomic E-state index is 12.9. The van der Waals surface area contributed by atoms with Crippen LogP contribution >= 0.6 is 0 Å². The lowest BCUT2D eigenvalue weighted by Gasteiger charge is -2.41. The first-order valence-corrected chi connectivity index (χ1v) is 7.86. The molecule has 0 aromatic carbocycles. The van der Waals surface area contributed by atoms with Gasteiger partial charge >= 0.3 is 5.97 Å². The second-order valence-electron chi connectivity index (χ2n) is 6.17. The van der Waals surface area contributed by atoms with E-state index in [4.69, 9.17) is 9.47 Å². The fraction of sp³-hybridized carbons (Fsp3) is 0.625. The van der Waals surface area contributed by atoms with Gasteiger partial charge in [0.05, 0.1) is 31.1 Å². The van der Waals surface area contributed by atoms with Crippen LogP contribution in [0.15, 0.2) is 12.4 Å². The fourth-order valence-electron chi connectivity index (χ4n) is 3.42. The highest BCUT2D eigenvalue weighted by molar-refractivity contribution is 5.92. The molecule has 0 saturated carbocycles. The van der Waals surface area contributed by atoms with Crippen molar-refractivity contribution in [3.05, 3.63) is 23.8 Å². The molecule has 7 heteroatoms. The largest absolute Gasteiger partial charge is 0.467 e. The minimum atomic E-state index is -0.597. The smallest absolute Gasteiger partial charge is 0.335 e. The van der Waals surface area contributed by atoms with Gasteiger partial charge in [0.25, 0.3) is 5.91 Å². The average molecular weight is 319 g/mol. The Bertz CT molecular complexity index is 604. The van der Waals surface area contributed by atoms with Gasteiger partial charge in [-0.3, -0.25) is 9.78 Å². The Morgan fingerprint density at radius 3 is 2.74 bits per heavy atom. The first-order chi connectivity index (χ1) is 11.0. The van der Waals surface area contributed by atoms with E-state index >= 15 is 0 Å². The third kappa shape index (κ3) is 2.93. The molecule has 0 bridgehead atoms. The third-order valence-electron chi connectivity index (χ3n) is 4.62. The van der Waals surface area contributed by atoms with Crippen molar-refractivity contribution in [3.8, 4) is 0 Å². The molecule has 7 nitrogen and oxygen atoms in total. The lowest BCUT2D eigenvalue weighted by molar-refractivity contribution is -0.153. The SMILES string of the molecule is COC(=O)[C@@H]1C[C@@H]2[C@@H](CC[C@@H](C)N2C(=O)c2cnc(C)cn2)O1. The average Bonchev–Trinajstić information content (AvgIpc) is 2.98. The molecule has 0 spiro atoms. The van der Waals surface area contributed by atoms with Gasteiger partial charge in [0.1, 0.15) is 5.69 Å². The molecular formula is C16H21N3O4. The minimum absolute atomic E-state index is 0.0758. The molecular weight excluding hydrogens is 298 g/mol. The van der Waals surface area contributed by atoms with Crippen LogP contribution < -0.4 is 0 Å². The molecule has 2 aliphatic rings. The maximum absolute atomic E-state index is 12.9. The summed E-state index contributed by atoms with van der Waals surface area (Å²) in [5.74, 6) is -0.539. The summed E-state index contributed by atoms with van der Waals surface area (Å²) in [5.41, 5.74) is 1.09. The van der Waals surface area contributed by atoms with E-state index in [0.29, 0.717) is 12.1 Å². The van der Waals surface area contributed by atoms with Crippen molar-refractivity contribution in [2.75, 3.05) is 7.11 Å². The zero-order chi connectivity index (χ0) is 16.6. The van der Waals surface area contributed by atoms with Crippen molar-refractivity contribution < 1.29 is 19.1 Å². The number of fused-ring (bicyclic) bond motifs is 1. The predicted molar refractivity (Wildman–Crippen MR) is 80.7 cm³/mol. The number of aryl methyl sites for hydroxylation is 1. The number of amides is 1. The predicted octanol–water partition coefficient (Wildman–Crippen LogP) is 1.11. The molecule has 2 saturated heterocycles. The van der Waals surface area contributed by atoms with Crippen molar-refractivity contribution in [1.82, 2.24) is 14.9 Å². The molecule has 124 valence electrons. The van der Waals surface area contributed by atoms with Crippen molar-refractivity contribution in [2.45, 2.75) is 57.4 Å². The Kier molecular flexibility index (Phi) is 4.30. The van der Waals surface area contributed by atoms with Crippen LogP contribution in [0.2, 0.25) is 0 Å². The van der Waals surface area contributed by atoms with Gasteiger partial charge in [-0.25, -0.2) is 9.78 Å². The molecule has 0 unspecified atom stereocenters. The van der Waals surface area contributed by atoms with E-state index in [-0.39, 0.29) is 30.1 Å². The normalized spacial score (nSPS) is 30.0. The van der Waals surface area contributed by atoms with Gasteiger partial charge in [-0.1, -0.05) is 0 Å². The van der Waals surface area contributed by atoms with Crippen LogP contribution in [-0.4, -0.2) is 58.1 Å². The van der Waals surface area contributed by atoms with Gasteiger partial charge in [-0.15, -0.1) is 0 Å². The third-order valence-corrected chi connectivity index (χ3v) is 4.62. The van der Waals surface area contributed by atoms with Crippen molar-refractivity contribution >= 4 is 11.9 Å². The first-order valence-electron chi connectivity index (χ1n) is 7.86. The Morgan fingerprint density at radius 1 is 1.30 bits per heavy atom. The summed E-state index contributed by atoms with van der Waals surface area (Å²) in [5, 5.41) is 0. The lowest BCUT2D eigenvalue weighted by atomic mass is 9.92. The number of aromatic nitrogens is 2. The number of hydrogen-bond acceptors (Lipinski definition) is 6. The number of likely N-dealkylation sites (tertiary alicyclic amines) is 1. The number of nitrogens with zero attached hydrogens (tertiary/aromatic N) is 3. The number of ether oxygens (including phenoxy) is 2. The summed E-state index contributed by atoms with van der Waals surface area (Å²) in [6, 6.07) is -0.0506. The van der Waals surface area contributed by atoms with E-state index < -0.39 is 6.10 Å². The second kappa shape index (κ2) is 6.23. The maximum Gasteiger partial charge on any atom is 0.335 e. The van der Waals surface area contributed by atoms with Crippen LogP contribution in [0.3, 0.4) is 0 Å². The monoisotopic (exact) mass is 319 g/mol. The molecule has 3 heterocycles. The molecule has 2 aliphatic heterocycles. The molecule has 23 heavy (non-hydrogen) atoms. The van der Waals surface area contributed by atoms with Crippen LogP contribution in [0.25, 0.3) is 0 Å². The summed E-state index contributed by atoms with van der Waals surface area (Å²) < 4.78 is 10.6. The summed E-state index contributed by atoms with van der Waals surface area (Å²) in [6.45, 7) is 3.84. The Labute approximate surface area is 135 Å². The highest BCUT2D eigenvalue weighted by Crippen LogP contribution is 2.35. The minimum Gasteiger partial charge on any atom is -0.467 e. The standard InChI is InChI=1S/C16H21N3O4/c1-9-7-18-11(8-17-9)15(20)19-10(2)4-5-13-12(19)6-14(23-13)16(21)22-3/h7-8,10,12-14H,4-6H2,1-3H3/t10-,12-,13-,14+/m1/s1. The molecule has 1 aromatic heterocycles. The van der Waals surface area contributed by atoms with Crippen LogP contribution in [0.5, 0.6) is 0 Å². The van der Waals surface area contributed by atoms with Gasteiger partial charge < -0.3 is 14.4 Å². The van der Waals surface area contributed by atoms with Crippen molar-refractivity contribution in [1.29, 1.82) is 0 Å². The Morgan fingerprint density at radius 2 is 2.09 bits per heavy atom. The van der Waals surface area contributed by atoms with E-state index in [0.717, 1.165) is 18.5 Å².